The summed E-state index contributed by atoms with van der Waals surface area (Å²) in [6.45, 7) is 0.656. The van der Waals surface area contributed by atoms with Gasteiger partial charge in [-0.3, -0.25) is 9.48 Å². The number of carboxylic acids is 1. The third kappa shape index (κ3) is 4.43. The Kier molecular flexibility index (Phi) is 5.25. The minimum atomic E-state index is -3.61. The molecule has 1 rings (SSSR count). The Hall–Kier alpha value is -1.45. The van der Waals surface area contributed by atoms with Crippen molar-refractivity contribution in [2.24, 2.45) is 0 Å². The van der Waals surface area contributed by atoms with E-state index in [4.69, 9.17) is 5.11 Å². The number of sulfonamides is 1. The topological polar surface area (TPSA) is 113 Å². The molecule has 1 aromatic rings. The number of hydrogen-bond donors (Lipinski definition) is 3. The standard InChI is InChI=1S/C9H16N4O4S/c1-10-3-2-4-12-18(16,17)8-5-11-13(6-8)7-9(14)15/h5-6,10,12H,2-4,7H2,1H3,(H,14,15). The molecular formula is C9H16N4O4S. The fourth-order valence-electron chi connectivity index (χ4n) is 1.26. The van der Waals surface area contributed by atoms with Gasteiger partial charge in [0.25, 0.3) is 0 Å². The van der Waals surface area contributed by atoms with E-state index in [1.807, 2.05) is 0 Å². The van der Waals surface area contributed by atoms with E-state index in [9.17, 15) is 13.2 Å². The molecule has 0 aliphatic rings. The van der Waals surface area contributed by atoms with Gasteiger partial charge in [-0.05, 0) is 20.0 Å². The molecule has 0 fully saturated rings. The zero-order chi connectivity index (χ0) is 13.6. The molecule has 0 bridgehead atoms. The maximum absolute atomic E-state index is 11.8. The fourth-order valence-corrected chi connectivity index (χ4v) is 2.29. The van der Waals surface area contributed by atoms with Crippen LogP contribution in [-0.2, 0) is 21.4 Å². The van der Waals surface area contributed by atoms with Crippen LogP contribution in [0.15, 0.2) is 17.3 Å². The molecule has 0 atom stereocenters. The van der Waals surface area contributed by atoms with Gasteiger partial charge in [0.1, 0.15) is 11.4 Å². The number of hydrogen-bond acceptors (Lipinski definition) is 5. The Morgan fingerprint density at radius 3 is 2.83 bits per heavy atom. The van der Waals surface area contributed by atoms with Crippen molar-refractivity contribution in [1.82, 2.24) is 19.8 Å². The summed E-state index contributed by atoms with van der Waals surface area (Å²) in [5.41, 5.74) is 0. The highest BCUT2D eigenvalue weighted by Gasteiger charge is 2.16. The Bertz CT molecular complexity index is 496. The first kappa shape index (κ1) is 14.6. The van der Waals surface area contributed by atoms with Crippen LogP contribution in [0.25, 0.3) is 0 Å². The summed E-state index contributed by atoms with van der Waals surface area (Å²) in [7, 11) is -1.83. The molecule has 102 valence electrons. The first-order valence-electron chi connectivity index (χ1n) is 5.34. The van der Waals surface area contributed by atoms with Gasteiger partial charge in [-0.2, -0.15) is 5.10 Å². The average Bonchev–Trinajstić information content (AvgIpc) is 2.73. The number of carboxylic acid groups (broad SMARTS) is 1. The third-order valence-corrected chi connectivity index (χ3v) is 3.53. The lowest BCUT2D eigenvalue weighted by atomic mass is 10.4. The van der Waals surface area contributed by atoms with Crippen LogP contribution in [0, 0.1) is 0 Å². The second-order valence-corrected chi connectivity index (χ2v) is 5.39. The second-order valence-electron chi connectivity index (χ2n) is 3.62. The normalized spacial score (nSPS) is 11.6. The van der Waals surface area contributed by atoms with E-state index in [0.717, 1.165) is 10.9 Å². The SMILES string of the molecule is CNCCCNS(=O)(=O)c1cnn(CC(=O)O)c1. The Morgan fingerprint density at radius 1 is 1.50 bits per heavy atom. The van der Waals surface area contributed by atoms with Crippen LogP contribution in [0.4, 0.5) is 0 Å². The van der Waals surface area contributed by atoms with Crippen LogP contribution in [0.1, 0.15) is 6.42 Å². The minimum absolute atomic E-state index is 0.0341. The van der Waals surface area contributed by atoms with E-state index in [-0.39, 0.29) is 11.4 Å². The van der Waals surface area contributed by atoms with Gasteiger partial charge in [-0.25, -0.2) is 13.1 Å². The van der Waals surface area contributed by atoms with Crippen molar-refractivity contribution < 1.29 is 18.3 Å². The molecule has 18 heavy (non-hydrogen) atoms. The molecule has 0 unspecified atom stereocenters. The van der Waals surface area contributed by atoms with Crippen molar-refractivity contribution in [2.45, 2.75) is 17.9 Å². The molecule has 0 amide bonds. The molecule has 0 spiro atoms. The van der Waals surface area contributed by atoms with Gasteiger partial charge in [0.15, 0.2) is 0 Å². The summed E-state index contributed by atoms with van der Waals surface area (Å²) in [5, 5.41) is 15.1. The second kappa shape index (κ2) is 6.47. The van der Waals surface area contributed by atoms with Gasteiger partial charge in [-0.1, -0.05) is 0 Å². The van der Waals surface area contributed by atoms with Gasteiger partial charge in [0.05, 0.1) is 6.20 Å². The molecule has 0 radical (unpaired) electrons. The molecule has 0 aromatic carbocycles. The molecule has 1 heterocycles. The fraction of sp³-hybridized carbons (Fsp3) is 0.556. The van der Waals surface area contributed by atoms with Crippen LogP contribution >= 0.6 is 0 Å². The highest BCUT2D eigenvalue weighted by molar-refractivity contribution is 7.89. The zero-order valence-electron chi connectivity index (χ0n) is 9.96. The lowest BCUT2D eigenvalue weighted by molar-refractivity contribution is -0.137. The number of nitrogens with one attached hydrogen (secondary N) is 2. The quantitative estimate of drug-likeness (QED) is 0.517. The average molecular weight is 276 g/mol. The van der Waals surface area contributed by atoms with E-state index in [0.29, 0.717) is 19.5 Å². The van der Waals surface area contributed by atoms with E-state index < -0.39 is 16.0 Å². The summed E-state index contributed by atoms with van der Waals surface area (Å²) >= 11 is 0. The summed E-state index contributed by atoms with van der Waals surface area (Å²) < 4.78 is 27.0. The molecule has 3 N–H and O–H groups in total. The van der Waals surface area contributed by atoms with Gasteiger partial charge in [0, 0.05) is 12.7 Å². The third-order valence-electron chi connectivity index (χ3n) is 2.11. The van der Waals surface area contributed by atoms with Crippen molar-refractivity contribution in [3.05, 3.63) is 12.4 Å². The highest BCUT2D eigenvalue weighted by Crippen LogP contribution is 2.06. The molecular weight excluding hydrogens is 260 g/mol. The minimum Gasteiger partial charge on any atom is -0.480 e. The van der Waals surface area contributed by atoms with Crippen molar-refractivity contribution in [1.29, 1.82) is 0 Å². The van der Waals surface area contributed by atoms with Crippen LogP contribution in [-0.4, -0.2) is 49.4 Å². The number of nitrogens with zero attached hydrogens (tertiary/aromatic N) is 2. The molecule has 0 aliphatic carbocycles. The predicted molar refractivity (Wildman–Crippen MR) is 63.6 cm³/mol. The molecule has 0 aliphatic heterocycles. The number of carbonyl (C=O) groups is 1. The Balaban J connectivity index is 2.61. The Labute approximate surface area is 105 Å². The smallest absolute Gasteiger partial charge is 0.325 e. The zero-order valence-corrected chi connectivity index (χ0v) is 10.8. The van der Waals surface area contributed by atoms with E-state index in [2.05, 4.69) is 15.1 Å². The van der Waals surface area contributed by atoms with Gasteiger partial charge < -0.3 is 10.4 Å². The van der Waals surface area contributed by atoms with Gasteiger partial charge >= 0.3 is 5.97 Å². The van der Waals surface area contributed by atoms with Crippen LogP contribution in [0.2, 0.25) is 0 Å². The number of aliphatic carboxylic acids is 1. The number of aromatic nitrogens is 2. The maximum atomic E-state index is 11.8. The summed E-state index contributed by atoms with van der Waals surface area (Å²) in [6.07, 6.45) is 2.98. The van der Waals surface area contributed by atoms with E-state index >= 15 is 0 Å². The lowest BCUT2D eigenvalue weighted by Gasteiger charge is -2.03. The van der Waals surface area contributed by atoms with E-state index in [1.165, 1.54) is 6.20 Å². The summed E-state index contributed by atoms with van der Waals surface area (Å²) in [6, 6.07) is 0. The molecule has 1 aromatic heterocycles. The summed E-state index contributed by atoms with van der Waals surface area (Å²) in [4.78, 5) is 10.4. The molecule has 0 saturated carbocycles. The van der Waals surface area contributed by atoms with Crippen molar-refractivity contribution >= 4 is 16.0 Å². The lowest BCUT2D eigenvalue weighted by Crippen LogP contribution is -2.26. The first-order valence-corrected chi connectivity index (χ1v) is 6.82. The predicted octanol–water partition coefficient (Wildman–Crippen LogP) is -1.14. The van der Waals surface area contributed by atoms with Crippen molar-refractivity contribution in [3.8, 4) is 0 Å². The number of rotatable bonds is 8. The van der Waals surface area contributed by atoms with Crippen molar-refractivity contribution in [2.75, 3.05) is 20.1 Å². The molecule has 9 heteroatoms. The largest absolute Gasteiger partial charge is 0.480 e. The van der Waals surface area contributed by atoms with Gasteiger partial charge in [0.2, 0.25) is 10.0 Å². The van der Waals surface area contributed by atoms with E-state index in [1.54, 1.807) is 7.05 Å². The van der Waals surface area contributed by atoms with Crippen LogP contribution in [0.5, 0.6) is 0 Å². The maximum Gasteiger partial charge on any atom is 0.325 e. The van der Waals surface area contributed by atoms with Crippen LogP contribution < -0.4 is 10.0 Å². The van der Waals surface area contributed by atoms with Gasteiger partial charge in [-0.15, -0.1) is 0 Å². The first-order chi connectivity index (χ1) is 8.45. The van der Waals surface area contributed by atoms with Crippen molar-refractivity contribution in [3.63, 3.8) is 0 Å². The molecule has 8 nitrogen and oxygen atoms in total. The summed E-state index contributed by atoms with van der Waals surface area (Å²) in [5.74, 6) is -1.08. The molecule has 0 saturated heterocycles. The monoisotopic (exact) mass is 276 g/mol. The highest BCUT2D eigenvalue weighted by atomic mass is 32.2. The Morgan fingerprint density at radius 2 is 2.22 bits per heavy atom. The van der Waals surface area contributed by atoms with Crippen LogP contribution in [0.3, 0.4) is 0 Å².